The summed E-state index contributed by atoms with van der Waals surface area (Å²) >= 11 is 0. The first-order valence-corrected chi connectivity index (χ1v) is 11.1. The van der Waals surface area contributed by atoms with E-state index in [0.29, 0.717) is 29.1 Å². The van der Waals surface area contributed by atoms with Gasteiger partial charge in [0, 0.05) is 11.4 Å². The number of nitrogens with one attached hydrogen (secondary N) is 3. The monoisotopic (exact) mass is 513 g/mol. The van der Waals surface area contributed by atoms with Crippen molar-refractivity contribution in [2.45, 2.75) is 52.4 Å². The maximum atomic E-state index is 13.0. The number of H-pyrrole nitrogens is 1. The normalized spacial score (nSPS) is 11.6. The van der Waals surface area contributed by atoms with Crippen LogP contribution in [0.1, 0.15) is 59.8 Å². The number of carbonyl (C=O) groups excluding carboxylic acids is 3. The molecule has 1 amide bonds. The number of aromatic amines is 1. The first-order valence-electron chi connectivity index (χ1n) is 11.1. The van der Waals surface area contributed by atoms with Crippen LogP contribution in [-0.2, 0) is 27.2 Å². The highest BCUT2D eigenvalue weighted by Gasteiger charge is 2.40. The molecule has 0 spiro atoms. The third-order valence-corrected chi connectivity index (χ3v) is 4.78. The number of esters is 2. The van der Waals surface area contributed by atoms with E-state index >= 15 is 0 Å². The molecule has 0 unspecified atom stereocenters. The van der Waals surface area contributed by atoms with Gasteiger partial charge in [-0.15, -0.1) is 0 Å². The fraction of sp³-hybridized carbons (Fsp3) is 0.458. The van der Waals surface area contributed by atoms with Crippen molar-refractivity contribution in [1.82, 2.24) is 10.3 Å². The zero-order chi connectivity index (χ0) is 27.1. The predicted octanol–water partition coefficient (Wildman–Crippen LogP) is 3.99. The zero-order valence-corrected chi connectivity index (χ0v) is 20.7. The molecule has 1 heterocycles. The maximum absolute atomic E-state index is 13.0. The molecule has 12 heteroatoms. The largest absolute Gasteiger partial charge is 0.497 e. The summed E-state index contributed by atoms with van der Waals surface area (Å²) in [6, 6.07) is 7.03. The van der Waals surface area contributed by atoms with Crippen LogP contribution in [0, 0.1) is 0 Å². The van der Waals surface area contributed by atoms with Crippen molar-refractivity contribution in [3.8, 4) is 5.75 Å². The SMILES string of the molecule is CCc1c(C(=O)OC(C)(C)C)[nH]c(CNc2ccc(OC)cc2)c1C(=O)NCCOC(=O)C(F)(F)F. The minimum absolute atomic E-state index is 0.104. The number of halogens is 3. The number of aromatic nitrogens is 1. The summed E-state index contributed by atoms with van der Waals surface area (Å²) in [5.74, 6) is -2.98. The first-order chi connectivity index (χ1) is 16.8. The number of methoxy groups -OCH3 is 1. The van der Waals surface area contributed by atoms with Gasteiger partial charge in [-0.05, 0) is 57.0 Å². The molecule has 0 saturated heterocycles. The Morgan fingerprint density at radius 2 is 1.69 bits per heavy atom. The van der Waals surface area contributed by atoms with Crippen LogP contribution in [0.25, 0.3) is 0 Å². The lowest BCUT2D eigenvalue weighted by Crippen LogP contribution is -2.32. The van der Waals surface area contributed by atoms with E-state index in [1.165, 1.54) is 0 Å². The number of carbonyl (C=O) groups is 3. The van der Waals surface area contributed by atoms with Crippen LogP contribution < -0.4 is 15.4 Å². The second-order valence-electron chi connectivity index (χ2n) is 8.66. The van der Waals surface area contributed by atoms with Crippen LogP contribution in [0.2, 0.25) is 0 Å². The van der Waals surface area contributed by atoms with E-state index in [0.717, 1.165) is 0 Å². The molecular formula is C24H30F3N3O6. The summed E-state index contributed by atoms with van der Waals surface area (Å²) < 4.78 is 51.6. The molecule has 9 nitrogen and oxygen atoms in total. The van der Waals surface area contributed by atoms with Gasteiger partial charge in [0.1, 0.15) is 23.7 Å². The Bertz CT molecular complexity index is 1070. The van der Waals surface area contributed by atoms with Gasteiger partial charge < -0.3 is 29.8 Å². The van der Waals surface area contributed by atoms with E-state index in [9.17, 15) is 27.6 Å². The standard InChI is InChI=1S/C24H30F3N3O6/c1-6-16-18(20(31)28-11-12-35-22(33)24(25,26)27)17(30-19(16)21(32)36-23(2,3)4)13-29-14-7-9-15(34-5)10-8-14/h7-10,29-30H,6,11-13H2,1-5H3,(H,28,31). The smallest absolute Gasteiger partial charge is 0.490 e. The Balaban J connectivity index is 2.27. The minimum atomic E-state index is -5.12. The summed E-state index contributed by atoms with van der Waals surface area (Å²) in [7, 11) is 1.54. The second kappa shape index (κ2) is 11.8. The molecule has 2 rings (SSSR count). The Morgan fingerprint density at radius 3 is 2.22 bits per heavy atom. The van der Waals surface area contributed by atoms with E-state index in [2.05, 4.69) is 20.4 Å². The third-order valence-electron chi connectivity index (χ3n) is 4.78. The lowest BCUT2D eigenvalue weighted by atomic mass is 10.0. The summed E-state index contributed by atoms with van der Waals surface area (Å²) in [4.78, 5) is 39.7. The number of hydrogen-bond acceptors (Lipinski definition) is 7. The molecule has 198 valence electrons. The van der Waals surface area contributed by atoms with Gasteiger partial charge in [-0.3, -0.25) is 4.79 Å². The van der Waals surface area contributed by atoms with Crippen molar-refractivity contribution in [3.63, 3.8) is 0 Å². The quantitative estimate of drug-likeness (QED) is 0.325. The Hall–Kier alpha value is -3.70. The highest BCUT2D eigenvalue weighted by Crippen LogP contribution is 2.25. The van der Waals surface area contributed by atoms with Gasteiger partial charge in [0.15, 0.2) is 0 Å². The van der Waals surface area contributed by atoms with Crippen LogP contribution in [-0.4, -0.2) is 54.9 Å². The molecule has 36 heavy (non-hydrogen) atoms. The molecule has 1 aromatic carbocycles. The van der Waals surface area contributed by atoms with Crippen molar-refractivity contribution in [1.29, 1.82) is 0 Å². The number of ether oxygens (including phenoxy) is 3. The molecule has 0 aliphatic carbocycles. The Kier molecular flexibility index (Phi) is 9.37. The molecule has 0 bridgehead atoms. The van der Waals surface area contributed by atoms with Crippen LogP contribution in [0.3, 0.4) is 0 Å². The first kappa shape index (κ1) is 28.5. The molecule has 0 atom stereocenters. The second-order valence-corrected chi connectivity index (χ2v) is 8.66. The van der Waals surface area contributed by atoms with E-state index < -0.39 is 36.2 Å². The molecule has 3 N–H and O–H groups in total. The number of alkyl halides is 3. The molecule has 0 radical (unpaired) electrons. The van der Waals surface area contributed by atoms with Crippen molar-refractivity contribution < 1.29 is 41.8 Å². The van der Waals surface area contributed by atoms with Gasteiger partial charge in [0.05, 0.1) is 25.8 Å². The zero-order valence-electron chi connectivity index (χ0n) is 20.7. The van der Waals surface area contributed by atoms with Crippen molar-refractivity contribution >= 4 is 23.5 Å². The fourth-order valence-electron chi connectivity index (χ4n) is 3.24. The highest BCUT2D eigenvalue weighted by molar-refractivity contribution is 6.01. The van der Waals surface area contributed by atoms with E-state index in [1.54, 1.807) is 59.1 Å². The van der Waals surface area contributed by atoms with Gasteiger partial charge in [0.2, 0.25) is 0 Å². The van der Waals surface area contributed by atoms with Crippen molar-refractivity contribution in [2.75, 3.05) is 25.6 Å². The van der Waals surface area contributed by atoms with Gasteiger partial charge in [-0.25, -0.2) is 9.59 Å². The van der Waals surface area contributed by atoms with Gasteiger partial charge in [0.25, 0.3) is 5.91 Å². The summed E-state index contributed by atoms with van der Waals surface area (Å²) in [5.41, 5.74) is 0.954. The minimum Gasteiger partial charge on any atom is -0.497 e. The number of hydrogen-bond donors (Lipinski definition) is 3. The molecule has 0 aliphatic heterocycles. The molecule has 2 aromatic rings. The number of rotatable bonds is 10. The van der Waals surface area contributed by atoms with Crippen molar-refractivity contribution in [3.05, 3.63) is 46.8 Å². The van der Waals surface area contributed by atoms with E-state index in [4.69, 9.17) is 9.47 Å². The van der Waals surface area contributed by atoms with Crippen LogP contribution in [0.4, 0.5) is 18.9 Å². The number of benzene rings is 1. The predicted molar refractivity (Wildman–Crippen MR) is 125 cm³/mol. The molecule has 0 fully saturated rings. The van der Waals surface area contributed by atoms with E-state index in [1.807, 2.05) is 0 Å². The molecule has 0 saturated carbocycles. The average Bonchev–Trinajstić information content (AvgIpc) is 3.17. The lowest BCUT2D eigenvalue weighted by molar-refractivity contribution is -0.199. The highest BCUT2D eigenvalue weighted by atomic mass is 19.4. The van der Waals surface area contributed by atoms with Crippen LogP contribution in [0.5, 0.6) is 5.75 Å². The summed E-state index contributed by atoms with van der Waals surface area (Å²) in [6.45, 7) is 5.97. The Labute approximate surface area is 206 Å². The lowest BCUT2D eigenvalue weighted by Gasteiger charge is -2.19. The van der Waals surface area contributed by atoms with Gasteiger partial charge in [-0.1, -0.05) is 6.92 Å². The van der Waals surface area contributed by atoms with Gasteiger partial charge >= 0.3 is 18.1 Å². The molecule has 1 aromatic heterocycles. The maximum Gasteiger partial charge on any atom is 0.490 e. The Morgan fingerprint density at radius 1 is 1.06 bits per heavy atom. The van der Waals surface area contributed by atoms with Crippen LogP contribution in [0.15, 0.2) is 24.3 Å². The summed E-state index contributed by atoms with van der Waals surface area (Å²) in [6.07, 6.45) is -4.83. The van der Waals surface area contributed by atoms with E-state index in [-0.39, 0.29) is 24.3 Å². The molecular weight excluding hydrogens is 483 g/mol. The topological polar surface area (TPSA) is 119 Å². The number of amides is 1. The fourth-order valence-corrected chi connectivity index (χ4v) is 3.24. The summed E-state index contributed by atoms with van der Waals surface area (Å²) in [5, 5.41) is 5.58. The molecule has 0 aliphatic rings. The van der Waals surface area contributed by atoms with Gasteiger partial charge in [-0.2, -0.15) is 13.2 Å². The van der Waals surface area contributed by atoms with Crippen LogP contribution >= 0.6 is 0 Å². The average molecular weight is 514 g/mol. The third kappa shape index (κ3) is 7.92. The van der Waals surface area contributed by atoms with Crippen molar-refractivity contribution in [2.24, 2.45) is 0 Å². The number of anilines is 1.